The Morgan fingerprint density at radius 2 is 1.90 bits per heavy atom. The maximum atomic E-state index is 6.02. The van der Waals surface area contributed by atoms with Crippen LogP contribution in [0.4, 0.5) is 5.69 Å². The van der Waals surface area contributed by atoms with Gasteiger partial charge in [-0.2, -0.15) is 0 Å². The fourth-order valence-corrected chi connectivity index (χ4v) is 3.37. The quantitative estimate of drug-likeness (QED) is 0.557. The number of nitrogens with zero attached hydrogens (tertiary/aromatic N) is 2. The number of thioether (sulfide) groups is 1. The predicted molar refractivity (Wildman–Crippen MR) is 99.8 cm³/mol. The van der Waals surface area contributed by atoms with Crippen molar-refractivity contribution in [3.63, 3.8) is 0 Å². The molecule has 0 saturated heterocycles. The number of nitrogens with two attached hydrogens (primary N) is 1. The van der Waals surface area contributed by atoms with E-state index >= 15 is 0 Å². The van der Waals surface area contributed by atoms with Gasteiger partial charge in [-0.3, -0.25) is 0 Å². The summed E-state index contributed by atoms with van der Waals surface area (Å²) in [6.45, 7) is 7.37. The highest BCUT2D eigenvalue weighted by molar-refractivity contribution is 7.99. The molecule has 21 heavy (non-hydrogen) atoms. The monoisotopic (exact) mass is 325 g/mol. The summed E-state index contributed by atoms with van der Waals surface area (Å²) < 4.78 is 0. The highest BCUT2D eigenvalue weighted by atomic mass is 32.2. The third-order valence-corrected chi connectivity index (χ3v) is 4.35. The summed E-state index contributed by atoms with van der Waals surface area (Å²) in [6, 6.07) is 6.36. The zero-order chi connectivity index (χ0) is 15.8. The summed E-state index contributed by atoms with van der Waals surface area (Å²) in [5.41, 5.74) is 8.22. The Morgan fingerprint density at radius 3 is 2.43 bits per heavy atom. The minimum atomic E-state index is 0.493. The summed E-state index contributed by atoms with van der Waals surface area (Å²) in [5, 5.41) is 0. The Labute approximate surface area is 138 Å². The smallest absolute Gasteiger partial charge is 0.107 e. The van der Waals surface area contributed by atoms with E-state index in [2.05, 4.69) is 55.9 Å². The molecule has 5 heteroatoms. The number of thiocarbonyl (C=S) groups is 1. The Hall–Kier alpha value is -0.780. The van der Waals surface area contributed by atoms with Crippen molar-refractivity contribution in [1.82, 2.24) is 4.90 Å². The lowest BCUT2D eigenvalue weighted by atomic mass is 10.1. The van der Waals surface area contributed by atoms with Crippen LogP contribution >= 0.6 is 24.0 Å². The standard InChI is InChI=1S/C16H27N3S2/c1-5-10-19(12-11-18(3)4)13-8-7-9-14(21-6-2)15(13)16(17)20/h7-9H,5-6,10-12H2,1-4H3,(H2,17,20). The number of likely N-dealkylation sites (N-methyl/N-ethyl adjacent to an activating group) is 1. The second kappa shape index (κ2) is 9.28. The Kier molecular flexibility index (Phi) is 8.07. The number of hydrogen-bond acceptors (Lipinski definition) is 4. The zero-order valence-corrected chi connectivity index (χ0v) is 15.2. The van der Waals surface area contributed by atoms with Gasteiger partial charge in [0.15, 0.2) is 0 Å². The van der Waals surface area contributed by atoms with Crippen LogP contribution in [0.5, 0.6) is 0 Å². The summed E-state index contributed by atoms with van der Waals surface area (Å²) in [5.74, 6) is 1.02. The van der Waals surface area contributed by atoms with Crippen LogP contribution in [0.25, 0.3) is 0 Å². The molecule has 0 fully saturated rings. The van der Waals surface area contributed by atoms with Gasteiger partial charge < -0.3 is 15.5 Å². The molecule has 0 aromatic heterocycles. The van der Waals surface area contributed by atoms with Crippen LogP contribution in [-0.2, 0) is 0 Å². The molecule has 118 valence electrons. The van der Waals surface area contributed by atoms with Gasteiger partial charge in [-0.25, -0.2) is 0 Å². The lowest BCUT2D eigenvalue weighted by Gasteiger charge is -2.28. The second-order valence-electron chi connectivity index (χ2n) is 5.24. The van der Waals surface area contributed by atoms with Crippen molar-refractivity contribution in [3.05, 3.63) is 23.8 Å². The first-order valence-electron chi connectivity index (χ1n) is 7.46. The average molecular weight is 326 g/mol. The average Bonchev–Trinajstić information content (AvgIpc) is 2.43. The van der Waals surface area contributed by atoms with E-state index in [1.165, 1.54) is 10.6 Å². The third-order valence-electron chi connectivity index (χ3n) is 3.20. The topological polar surface area (TPSA) is 32.5 Å². The van der Waals surface area contributed by atoms with E-state index in [1.54, 1.807) is 11.8 Å². The molecular weight excluding hydrogens is 298 g/mol. The molecule has 0 unspecified atom stereocenters. The van der Waals surface area contributed by atoms with Gasteiger partial charge in [0.2, 0.25) is 0 Å². The molecule has 0 spiro atoms. The first-order valence-corrected chi connectivity index (χ1v) is 8.85. The predicted octanol–water partition coefficient (Wildman–Crippen LogP) is 3.21. The maximum Gasteiger partial charge on any atom is 0.107 e. The number of hydrogen-bond donors (Lipinski definition) is 1. The maximum absolute atomic E-state index is 6.02. The van der Waals surface area contributed by atoms with Crippen LogP contribution in [0, 0.1) is 0 Å². The van der Waals surface area contributed by atoms with Crippen LogP contribution in [0.1, 0.15) is 25.8 Å². The molecule has 0 aliphatic heterocycles. The van der Waals surface area contributed by atoms with Gasteiger partial charge in [0.05, 0.1) is 0 Å². The molecule has 0 bridgehead atoms. The van der Waals surface area contributed by atoms with E-state index in [-0.39, 0.29) is 0 Å². The molecule has 0 heterocycles. The zero-order valence-electron chi connectivity index (χ0n) is 13.6. The Morgan fingerprint density at radius 1 is 1.19 bits per heavy atom. The van der Waals surface area contributed by atoms with Gasteiger partial charge in [-0.05, 0) is 38.4 Å². The molecule has 3 nitrogen and oxygen atoms in total. The fraction of sp³-hybridized carbons (Fsp3) is 0.562. The van der Waals surface area contributed by atoms with Gasteiger partial charge in [0.25, 0.3) is 0 Å². The van der Waals surface area contributed by atoms with Crippen LogP contribution < -0.4 is 10.6 Å². The molecule has 0 aliphatic rings. The largest absolute Gasteiger partial charge is 0.389 e. The normalized spacial score (nSPS) is 10.9. The first kappa shape index (κ1) is 18.3. The van der Waals surface area contributed by atoms with Crippen molar-refractivity contribution < 1.29 is 0 Å². The lowest BCUT2D eigenvalue weighted by Crippen LogP contribution is -2.34. The van der Waals surface area contributed by atoms with Crippen molar-refractivity contribution in [2.75, 3.05) is 44.4 Å². The molecule has 1 rings (SSSR count). The van der Waals surface area contributed by atoms with Gasteiger partial charge in [0, 0.05) is 35.8 Å². The molecule has 1 aromatic rings. The second-order valence-corrected chi connectivity index (χ2v) is 6.98. The number of anilines is 1. The molecule has 0 amide bonds. The van der Waals surface area contributed by atoms with Crippen molar-refractivity contribution in [1.29, 1.82) is 0 Å². The van der Waals surface area contributed by atoms with E-state index in [0.29, 0.717) is 4.99 Å². The SMILES string of the molecule is CCCN(CCN(C)C)c1cccc(SCC)c1C(N)=S. The number of benzene rings is 1. The molecular formula is C16H27N3S2. The van der Waals surface area contributed by atoms with Gasteiger partial charge in [-0.1, -0.05) is 32.1 Å². The van der Waals surface area contributed by atoms with E-state index in [4.69, 9.17) is 18.0 Å². The molecule has 0 atom stereocenters. The van der Waals surface area contributed by atoms with E-state index in [0.717, 1.165) is 37.4 Å². The van der Waals surface area contributed by atoms with E-state index < -0.39 is 0 Å². The van der Waals surface area contributed by atoms with Gasteiger partial charge in [-0.15, -0.1) is 11.8 Å². The highest BCUT2D eigenvalue weighted by Gasteiger charge is 2.16. The highest BCUT2D eigenvalue weighted by Crippen LogP contribution is 2.31. The third kappa shape index (κ3) is 5.49. The van der Waals surface area contributed by atoms with Crippen LogP contribution in [0.15, 0.2) is 23.1 Å². The van der Waals surface area contributed by atoms with Crippen molar-refractivity contribution in [3.8, 4) is 0 Å². The minimum absolute atomic E-state index is 0.493. The van der Waals surface area contributed by atoms with Gasteiger partial charge in [0.1, 0.15) is 4.99 Å². The molecule has 2 N–H and O–H groups in total. The van der Waals surface area contributed by atoms with Crippen LogP contribution in [0.3, 0.4) is 0 Å². The summed E-state index contributed by atoms with van der Waals surface area (Å²) in [4.78, 5) is 6.28. The van der Waals surface area contributed by atoms with E-state index in [1.807, 2.05) is 0 Å². The summed E-state index contributed by atoms with van der Waals surface area (Å²) >= 11 is 7.12. The first-order chi connectivity index (χ1) is 10.0. The Bertz CT molecular complexity index is 461. The van der Waals surface area contributed by atoms with Crippen molar-refractivity contribution in [2.24, 2.45) is 5.73 Å². The fourth-order valence-electron chi connectivity index (χ4n) is 2.25. The molecule has 1 aromatic carbocycles. The van der Waals surface area contributed by atoms with Crippen molar-refractivity contribution >= 4 is 34.7 Å². The lowest BCUT2D eigenvalue weighted by molar-refractivity contribution is 0.413. The molecule has 0 radical (unpaired) electrons. The van der Waals surface area contributed by atoms with E-state index in [9.17, 15) is 0 Å². The summed E-state index contributed by atoms with van der Waals surface area (Å²) in [6.07, 6.45) is 1.11. The molecule has 0 aliphatic carbocycles. The molecule has 0 saturated carbocycles. The van der Waals surface area contributed by atoms with Crippen molar-refractivity contribution in [2.45, 2.75) is 25.2 Å². The van der Waals surface area contributed by atoms with Crippen LogP contribution in [0.2, 0.25) is 0 Å². The van der Waals surface area contributed by atoms with Crippen LogP contribution in [-0.4, -0.2) is 49.4 Å². The number of rotatable bonds is 9. The minimum Gasteiger partial charge on any atom is -0.389 e. The summed E-state index contributed by atoms with van der Waals surface area (Å²) in [7, 11) is 4.20. The van der Waals surface area contributed by atoms with Gasteiger partial charge >= 0.3 is 0 Å². The Balaban J connectivity index is 3.16.